The van der Waals surface area contributed by atoms with Crippen molar-refractivity contribution in [1.29, 1.82) is 0 Å². The first kappa shape index (κ1) is 26.2. The van der Waals surface area contributed by atoms with Gasteiger partial charge in [-0.05, 0) is 60.4 Å². The Morgan fingerprint density at radius 1 is 1.05 bits per heavy atom. The fourth-order valence-electron chi connectivity index (χ4n) is 5.19. The first-order valence-corrected chi connectivity index (χ1v) is 13.8. The van der Waals surface area contributed by atoms with E-state index in [1.165, 1.54) is 17.4 Å². The maximum atomic E-state index is 14.6. The molecule has 3 aromatic carbocycles. The summed E-state index contributed by atoms with van der Waals surface area (Å²) in [7, 11) is 1.61. The fraction of sp³-hybridized carbons (Fsp3) is 0.267. The van der Waals surface area contributed by atoms with Gasteiger partial charge in [0.25, 0.3) is 5.91 Å². The molecule has 0 saturated heterocycles. The Hall–Kier alpha value is -3.42. The van der Waals surface area contributed by atoms with E-state index in [9.17, 15) is 14.0 Å². The van der Waals surface area contributed by atoms with Crippen molar-refractivity contribution >= 4 is 44.8 Å². The lowest BCUT2D eigenvalue weighted by molar-refractivity contribution is 0.0617. The van der Waals surface area contributed by atoms with Gasteiger partial charge in [-0.15, -0.1) is 11.3 Å². The Labute approximate surface area is 230 Å². The van der Waals surface area contributed by atoms with E-state index in [0.717, 1.165) is 48.8 Å². The minimum absolute atomic E-state index is 0.0468. The summed E-state index contributed by atoms with van der Waals surface area (Å²) in [5, 5.41) is 0.467. The van der Waals surface area contributed by atoms with Crippen molar-refractivity contribution in [3.63, 3.8) is 0 Å². The van der Waals surface area contributed by atoms with Gasteiger partial charge in [-0.25, -0.2) is 4.39 Å². The molecule has 1 aromatic heterocycles. The van der Waals surface area contributed by atoms with Crippen LogP contribution in [0.1, 0.15) is 57.7 Å². The Morgan fingerprint density at radius 2 is 1.76 bits per heavy atom. The molecule has 2 N–H and O–H groups in total. The largest absolute Gasteiger partial charge is 0.496 e. The highest BCUT2D eigenvalue weighted by Gasteiger charge is 2.31. The van der Waals surface area contributed by atoms with Crippen molar-refractivity contribution in [3.05, 3.63) is 87.5 Å². The summed E-state index contributed by atoms with van der Waals surface area (Å²) < 4.78 is 20.9. The molecule has 1 aliphatic rings. The third-order valence-electron chi connectivity index (χ3n) is 7.20. The Morgan fingerprint density at radius 3 is 2.42 bits per heavy atom. The second kappa shape index (κ2) is 11.1. The lowest BCUT2D eigenvalue weighted by Gasteiger charge is -2.34. The van der Waals surface area contributed by atoms with Gasteiger partial charge in [-0.2, -0.15) is 0 Å². The first-order valence-electron chi connectivity index (χ1n) is 12.6. The van der Waals surface area contributed by atoms with Gasteiger partial charge in [-0.3, -0.25) is 9.59 Å². The van der Waals surface area contributed by atoms with Crippen LogP contribution in [0.5, 0.6) is 5.75 Å². The highest BCUT2D eigenvalue weighted by molar-refractivity contribution is 7.21. The highest BCUT2D eigenvalue weighted by atomic mass is 35.5. The number of hydrogen-bond donors (Lipinski definition) is 1. The number of halogens is 2. The van der Waals surface area contributed by atoms with E-state index in [4.69, 9.17) is 22.1 Å². The van der Waals surface area contributed by atoms with Gasteiger partial charge >= 0.3 is 0 Å². The standard InChI is InChI=1S/C30H28ClFN2O3S/c1-37-24-15-14-20(18-10-12-19(13-11-18)29(33)35)16-21(24)17-34(22-6-3-2-4-7-22)30(36)28-27(31)26-23(32)8-5-9-25(26)38-28/h5,8-16,22H,2-4,6-7,17H2,1H3,(H2,33,35). The Kier molecular flexibility index (Phi) is 7.68. The smallest absolute Gasteiger partial charge is 0.266 e. The summed E-state index contributed by atoms with van der Waals surface area (Å²) >= 11 is 7.84. The van der Waals surface area contributed by atoms with E-state index < -0.39 is 11.7 Å². The van der Waals surface area contributed by atoms with Gasteiger partial charge in [0, 0.05) is 33.8 Å². The van der Waals surface area contributed by atoms with E-state index in [0.29, 0.717) is 32.8 Å². The summed E-state index contributed by atoms with van der Waals surface area (Å²) in [6, 6.07) is 17.8. The van der Waals surface area contributed by atoms with Gasteiger partial charge in [-0.1, -0.05) is 55.1 Å². The van der Waals surface area contributed by atoms with Crippen molar-refractivity contribution in [3.8, 4) is 16.9 Å². The second-order valence-electron chi connectivity index (χ2n) is 9.55. The van der Waals surface area contributed by atoms with Crippen molar-refractivity contribution in [1.82, 2.24) is 4.90 Å². The lowest BCUT2D eigenvalue weighted by atomic mass is 9.93. The summed E-state index contributed by atoms with van der Waals surface area (Å²) in [4.78, 5) is 27.8. The average Bonchev–Trinajstić information content (AvgIpc) is 3.29. The lowest BCUT2D eigenvalue weighted by Crippen LogP contribution is -2.40. The number of nitrogens with two attached hydrogens (primary N) is 1. The number of carbonyl (C=O) groups is 2. The van der Waals surface area contributed by atoms with Crippen LogP contribution in [0.15, 0.2) is 60.7 Å². The number of thiophene rings is 1. The Balaban J connectivity index is 1.53. The van der Waals surface area contributed by atoms with Crippen molar-refractivity contribution in [2.24, 2.45) is 5.73 Å². The van der Waals surface area contributed by atoms with Gasteiger partial charge in [0.2, 0.25) is 5.91 Å². The molecule has 8 heteroatoms. The number of primary amides is 1. The quantitative estimate of drug-likeness (QED) is 0.260. The number of nitrogens with zero attached hydrogens (tertiary/aromatic N) is 1. The minimum Gasteiger partial charge on any atom is -0.496 e. The van der Waals surface area contributed by atoms with E-state index in [1.54, 1.807) is 31.4 Å². The fourth-order valence-corrected chi connectivity index (χ4v) is 6.70. The van der Waals surface area contributed by atoms with Gasteiger partial charge in [0.05, 0.1) is 12.1 Å². The monoisotopic (exact) mass is 550 g/mol. The zero-order valence-corrected chi connectivity index (χ0v) is 22.6. The molecule has 1 saturated carbocycles. The molecule has 1 heterocycles. The Bertz CT molecular complexity index is 1500. The molecule has 38 heavy (non-hydrogen) atoms. The number of amides is 2. The van der Waals surface area contributed by atoms with Crippen molar-refractivity contribution in [2.45, 2.75) is 44.7 Å². The molecule has 5 nitrogen and oxygen atoms in total. The number of fused-ring (bicyclic) bond motifs is 1. The van der Waals surface area contributed by atoms with E-state index in [1.807, 2.05) is 35.2 Å². The summed E-state index contributed by atoms with van der Waals surface area (Å²) in [6.45, 7) is 0.326. The average molecular weight is 551 g/mol. The van der Waals surface area contributed by atoms with Crippen molar-refractivity contribution < 1.29 is 18.7 Å². The number of methoxy groups -OCH3 is 1. The van der Waals surface area contributed by atoms with Crippen molar-refractivity contribution in [2.75, 3.05) is 7.11 Å². The predicted molar refractivity (Wildman–Crippen MR) is 150 cm³/mol. The molecule has 0 aliphatic heterocycles. The van der Waals surface area contributed by atoms with Crippen LogP contribution in [0.3, 0.4) is 0 Å². The number of carbonyl (C=O) groups excluding carboxylic acids is 2. The SMILES string of the molecule is COc1ccc(-c2ccc(C(N)=O)cc2)cc1CN(C(=O)c1sc2cccc(F)c2c1Cl)C1CCCCC1. The van der Waals surface area contributed by atoms with Gasteiger partial charge in [0.1, 0.15) is 16.4 Å². The third-order valence-corrected chi connectivity index (χ3v) is 8.83. The summed E-state index contributed by atoms with van der Waals surface area (Å²) in [6.07, 6.45) is 5.05. The van der Waals surface area contributed by atoms with Crippen LogP contribution in [0, 0.1) is 5.82 Å². The molecule has 2 amide bonds. The second-order valence-corrected chi connectivity index (χ2v) is 11.0. The summed E-state index contributed by atoms with van der Waals surface area (Å²) in [5.74, 6) is -0.428. The van der Waals surface area contributed by atoms with E-state index in [2.05, 4.69) is 0 Å². The molecule has 4 aromatic rings. The van der Waals surface area contributed by atoms with Gasteiger partial charge in [0.15, 0.2) is 0 Å². The zero-order chi connectivity index (χ0) is 26.8. The number of hydrogen-bond acceptors (Lipinski definition) is 4. The van der Waals surface area contributed by atoms with Crippen LogP contribution in [0.2, 0.25) is 5.02 Å². The molecule has 5 rings (SSSR count). The summed E-state index contributed by atoms with van der Waals surface area (Å²) in [5.41, 5.74) is 8.52. The molecule has 0 radical (unpaired) electrons. The normalized spacial score (nSPS) is 14.0. The molecule has 1 fully saturated rings. The molecule has 1 aliphatic carbocycles. The molecule has 0 spiro atoms. The number of rotatable bonds is 7. The molecule has 0 atom stereocenters. The van der Waals surface area contributed by atoms with E-state index >= 15 is 0 Å². The molecular formula is C30H28ClFN2O3S. The van der Waals surface area contributed by atoms with Crippen LogP contribution >= 0.6 is 22.9 Å². The first-order chi connectivity index (χ1) is 18.4. The third kappa shape index (κ3) is 5.13. The van der Waals surface area contributed by atoms with Crippen LogP contribution < -0.4 is 10.5 Å². The van der Waals surface area contributed by atoms with Crippen LogP contribution in [-0.2, 0) is 6.54 Å². The maximum absolute atomic E-state index is 14.6. The zero-order valence-electron chi connectivity index (χ0n) is 21.0. The topological polar surface area (TPSA) is 72.6 Å². The van der Waals surface area contributed by atoms with Gasteiger partial charge < -0.3 is 15.4 Å². The molecule has 196 valence electrons. The molecule has 0 bridgehead atoms. The maximum Gasteiger partial charge on any atom is 0.266 e. The van der Waals surface area contributed by atoms with Crippen LogP contribution in [-0.4, -0.2) is 29.9 Å². The highest BCUT2D eigenvalue weighted by Crippen LogP contribution is 2.39. The van der Waals surface area contributed by atoms with Crippen LogP contribution in [0.4, 0.5) is 4.39 Å². The van der Waals surface area contributed by atoms with E-state index in [-0.39, 0.29) is 17.0 Å². The minimum atomic E-state index is -0.478. The predicted octanol–water partition coefficient (Wildman–Crippen LogP) is 7.44. The number of ether oxygens (including phenoxy) is 1. The molecular weight excluding hydrogens is 523 g/mol. The molecule has 0 unspecified atom stereocenters. The van der Waals surface area contributed by atoms with Crippen LogP contribution in [0.25, 0.3) is 21.2 Å². The number of benzene rings is 3.